The van der Waals surface area contributed by atoms with Crippen molar-refractivity contribution < 1.29 is 4.79 Å². The number of carbonyl (C=O) groups is 1. The van der Waals surface area contributed by atoms with E-state index in [0.29, 0.717) is 0 Å². The molecule has 2 aromatic rings. The van der Waals surface area contributed by atoms with Gasteiger partial charge in [-0.15, -0.1) is 0 Å². The number of benzene rings is 2. The molecule has 1 aliphatic heterocycles. The zero-order valence-electron chi connectivity index (χ0n) is 11.9. The van der Waals surface area contributed by atoms with Gasteiger partial charge in [0.2, 0.25) is 6.41 Å². The van der Waals surface area contributed by atoms with Gasteiger partial charge in [0.25, 0.3) is 0 Å². The van der Waals surface area contributed by atoms with Gasteiger partial charge in [-0.1, -0.05) is 29.8 Å². The molecule has 6 heteroatoms. The topological polar surface area (TPSA) is 79.5 Å². The molecular weight excluding hydrogens is 300 g/mol. The molecule has 0 fully saturated rings. The Balaban J connectivity index is 0.000000545. The normalized spacial score (nSPS) is 12.5. The highest BCUT2D eigenvalue weighted by atomic mass is 35.5. The van der Waals surface area contributed by atoms with E-state index in [-0.39, 0.29) is 6.41 Å². The van der Waals surface area contributed by atoms with Gasteiger partial charge < -0.3 is 16.4 Å². The minimum atomic E-state index is 0.250. The molecule has 0 radical (unpaired) electrons. The first-order valence-electron chi connectivity index (χ1n) is 6.79. The van der Waals surface area contributed by atoms with Crippen LogP contribution in [0.5, 0.6) is 0 Å². The number of nitrogens with two attached hydrogens (primary N) is 1. The van der Waals surface area contributed by atoms with E-state index in [4.69, 9.17) is 16.4 Å². The molecule has 2 aromatic carbocycles. The van der Waals surface area contributed by atoms with Crippen molar-refractivity contribution in [3.8, 4) is 0 Å². The number of carbonyl (C=O) groups excluding carboxylic acids is 1. The predicted molar refractivity (Wildman–Crippen MR) is 90.8 cm³/mol. The molecule has 5 nitrogen and oxygen atoms in total. The van der Waals surface area contributed by atoms with E-state index < -0.39 is 0 Å². The number of aliphatic imine (C=N–C) groups is 1. The lowest BCUT2D eigenvalue weighted by molar-refractivity contribution is -0.106. The Kier molecular flexibility index (Phi) is 5.80. The maximum atomic E-state index is 8.58. The monoisotopic (exact) mass is 316 g/mol. The number of primary amides is 1. The lowest BCUT2D eigenvalue weighted by atomic mass is 10.1. The third-order valence-electron chi connectivity index (χ3n) is 2.92. The Morgan fingerprint density at radius 3 is 2.50 bits per heavy atom. The van der Waals surface area contributed by atoms with E-state index in [1.807, 2.05) is 36.4 Å². The van der Waals surface area contributed by atoms with Crippen LogP contribution in [0.4, 0.5) is 11.4 Å². The standard InChI is InChI=1S/C15H14ClN3.CH3NO/c16-12-4-2-6-14(10-12)19-13-5-1-3-11(9-13)15-17-7-8-18-15;2-1-3/h1-6,9-10,19H,7-8H2,(H,17,18);1H,(H2,2,3). The van der Waals surface area contributed by atoms with Crippen molar-refractivity contribution in [2.45, 2.75) is 0 Å². The fourth-order valence-electron chi connectivity index (χ4n) is 2.07. The van der Waals surface area contributed by atoms with Crippen LogP contribution in [0.25, 0.3) is 0 Å². The van der Waals surface area contributed by atoms with Gasteiger partial charge in [-0.25, -0.2) is 0 Å². The van der Waals surface area contributed by atoms with E-state index in [1.165, 1.54) is 0 Å². The van der Waals surface area contributed by atoms with Gasteiger partial charge in [-0.3, -0.25) is 9.79 Å². The summed E-state index contributed by atoms with van der Waals surface area (Å²) in [6.07, 6.45) is 0.250. The highest BCUT2D eigenvalue weighted by Gasteiger charge is 2.08. The maximum absolute atomic E-state index is 8.58. The number of nitrogens with zero attached hydrogens (tertiary/aromatic N) is 1. The maximum Gasteiger partial charge on any atom is 0.204 e. The van der Waals surface area contributed by atoms with Gasteiger partial charge in [0, 0.05) is 28.5 Å². The van der Waals surface area contributed by atoms with Gasteiger partial charge >= 0.3 is 0 Å². The first-order chi connectivity index (χ1) is 10.7. The van der Waals surface area contributed by atoms with Crippen LogP contribution in [-0.2, 0) is 4.79 Å². The minimum Gasteiger partial charge on any atom is -0.372 e. The summed E-state index contributed by atoms with van der Waals surface area (Å²) in [5, 5.41) is 7.34. The number of rotatable bonds is 3. The molecule has 0 spiro atoms. The quantitative estimate of drug-likeness (QED) is 0.761. The molecule has 0 unspecified atom stereocenters. The SMILES string of the molecule is Clc1cccc(Nc2cccc(C3=NCCN3)c2)c1.NC=O. The smallest absolute Gasteiger partial charge is 0.204 e. The number of amidine groups is 1. The Labute approximate surface area is 134 Å². The Bertz CT molecular complexity index is 673. The van der Waals surface area contributed by atoms with Crippen LogP contribution in [-0.4, -0.2) is 25.3 Å². The first kappa shape index (κ1) is 15.9. The van der Waals surface area contributed by atoms with E-state index in [0.717, 1.165) is 40.9 Å². The third kappa shape index (κ3) is 4.49. The molecule has 3 rings (SSSR count). The average molecular weight is 317 g/mol. The fourth-order valence-corrected chi connectivity index (χ4v) is 2.26. The number of anilines is 2. The van der Waals surface area contributed by atoms with Crippen LogP contribution >= 0.6 is 11.6 Å². The number of hydrogen-bond donors (Lipinski definition) is 3. The molecule has 114 valence electrons. The van der Waals surface area contributed by atoms with Crippen LogP contribution in [0.2, 0.25) is 5.02 Å². The molecule has 0 saturated heterocycles. The van der Waals surface area contributed by atoms with Gasteiger partial charge in [-0.05, 0) is 30.3 Å². The molecule has 4 N–H and O–H groups in total. The van der Waals surface area contributed by atoms with Crippen LogP contribution in [0, 0.1) is 0 Å². The van der Waals surface area contributed by atoms with Crippen molar-refractivity contribution in [1.82, 2.24) is 5.32 Å². The molecule has 1 aliphatic rings. The zero-order valence-corrected chi connectivity index (χ0v) is 12.7. The number of nitrogens with one attached hydrogen (secondary N) is 2. The zero-order chi connectivity index (χ0) is 15.8. The van der Waals surface area contributed by atoms with Gasteiger partial charge in [0.05, 0.1) is 6.54 Å². The Morgan fingerprint density at radius 2 is 1.86 bits per heavy atom. The van der Waals surface area contributed by atoms with Gasteiger partial charge in [-0.2, -0.15) is 0 Å². The lowest BCUT2D eigenvalue weighted by Crippen LogP contribution is -2.19. The minimum absolute atomic E-state index is 0.250. The van der Waals surface area contributed by atoms with Gasteiger partial charge in [0.1, 0.15) is 5.84 Å². The summed E-state index contributed by atoms with van der Waals surface area (Å²) in [7, 11) is 0. The molecule has 0 aliphatic carbocycles. The highest BCUT2D eigenvalue weighted by molar-refractivity contribution is 6.30. The number of halogens is 1. The average Bonchev–Trinajstić information content (AvgIpc) is 3.03. The van der Waals surface area contributed by atoms with Crippen LogP contribution in [0.15, 0.2) is 53.5 Å². The summed E-state index contributed by atoms with van der Waals surface area (Å²) in [6, 6.07) is 15.9. The van der Waals surface area contributed by atoms with Crippen LogP contribution in [0.1, 0.15) is 5.56 Å². The summed E-state index contributed by atoms with van der Waals surface area (Å²) >= 11 is 5.98. The molecule has 1 amide bonds. The van der Waals surface area contributed by atoms with E-state index in [1.54, 1.807) is 0 Å². The van der Waals surface area contributed by atoms with E-state index >= 15 is 0 Å². The highest BCUT2D eigenvalue weighted by Crippen LogP contribution is 2.21. The molecular formula is C16H17ClN4O. The van der Waals surface area contributed by atoms with Gasteiger partial charge in [0.15, 0.2) is 0 Å². The van der Waals surface area contributed by atoms with E-state index in [2.05, 4.69) is 33.5 Å². The lowest BCUT2D eigenvalue weighted by Gasteiger charge is -2.09. The van der Waals surface area contributed by atoms with Crippen molar-refractivity contribution in [2.24, 2.45) is 10.7 Å². The molecule has 0 bridgehead atoms. The Hall–Kier alpha value is -2.53. The second-order valence-corrected chi connectivity index (χ2v) is 4.95. The van der Waals surface area contributed by atoms with Crippen molar-refractivity contribution >= 4 is 35.2 Å². The van der Waals surface area contributed by atoms with Crippen molar-refractivity contribution in [1.29, 1.82) is 0 Å². The van der Waals surface area contributed by atoms with Crippen LogP contribution < -0.4 is 16.4 Å². The molecule has 22 heavy (non-hydrogen) atoms. The number of hydrogen-bond acceptors (Lipinski definition) is 4. The largest absolute Gasteiger partial charge is 0.372 e. The van der Waals surface area contributed by atoms with Crippen LogP contribution in [0.3, 0.4) is 0 Å². The first-order valence-corrected chi connectivity index (χ1v) is 7.17. The Morgan fingerprint density at radius 1 is 1.18 bits per heavy atom. The second-order valence-electron chi connectivity index (χ2n) is 4.51. The van der Waals surface area contributed by atoms with Crippen molar-refractivity contribution in [3.63, 3.8) is 0 Å². The molecule has 0 aromatic heterocycles. The van der Waals surface area contributed by atoms with Crippen molar-refractivity contribution in [2.75, 3.05) is 18.4 Å². The van der Waals surface area contributed by atoms with E-state index in [9.17, 15) is 0 Å². The molecule has 0 atom stereocenters. The predicted octanol–water partition coefficient (Wildman–Crippen LogP) is 2.53. The molecule has 1 heterocycles. The number of amides is 1. The summed E-state index contributed by atoms with van der Waals surface area (Å²) in [5.74, 6) is 0.967. The van der Waals surface area contributed by atoms with Crippen molar-refractivity contribution in [3.05, 3.63) is 59.1 Å². The summed E-state index contributed by atoms with van der Waals surface area (Å²) in [6.45, 7) is 1.77. The molecule has 0 saturated carbocycles. The summed E-state index contributed by atoms with van der Waals surface area (Å²) < 4.78 is 0. The fraction of sp³-hybridized carbons (Fsp3) is 0.125. The summed E-state index contributed by atoms with van der Waals surface area (Å²) in [4.78, 5) is 13.0. The third-order valence-corrected chi connectivity index (χ3v) is 3.16. The summed E-state index contributed by atoms with van der Waals surface area (Å²) in [5.41, 5.74) is 7.27. The second kappa shape index (κ2) is 8.05.